The predicted octanol–water partition coefficient (Wildman–Crippen LogP) is 10.3. The normalized spacial score (nSPS) is 22.8. The fourth-order valence-electron chi connectivity index (χ4n) is 10.1. The zero-order valence-corrected chi connectivity index (χ0v) is 39.4. The van der Waals surface area contributed by atoms with Crippen molar-refractivity contribution in [3.63, 3.8) is 0 Å². The van der Waals surface area contributed by atoms with Crippen molar-refractivity contribution in [2.75, 3.05) is 51.5 Å². The molecule has 2 aliphatic carbocycles. The summed E-state index contributed by atoms with van der Waals surface area (Å²) in [4.78, 5) is 23.9. The van der Waals surface area contributed by atoms with Gasteiger partial charge in [-0.15, -0.1) is 29.9 Å². The molecule has 4 aromatic carbocycles. The van der Waals surface area contributed by atoms with Crippen LogP contribution in [0.25, 0.3) is 0 Å². The molecule has 14 heteroatoms. The molecule has 0 saturated heterocycles. The molecule has 2 N–H and O–H groups in total. The molecule has 1 fully saturated rings. The molecular formula is C53H61ClN2O10S. The summed E-state index contributed by atoms with van der Waals surface area (Å²) in [6, 6.07) is 31.0. The minimum atomic E-state index is -1.49. The van der Waals surface area contributed by atoms with E-state index < -0.39 is 23.8 Å². The minimum absolute atomic E-state index is 0.0115. The van der Waals surface area contributed by atoms with Crippen molar-refractivity contribution in [2.45, 2.75) is 80.7 Å². The number of fused-ring (bicyclic) bond motifs is 3. The summed E-state index contributed by atoms with van der Waals surface area (Å²) in [5, 5.41) is 25.0. The number of benzene rings is 4. The first-order valence-corrected chi connectivity index (χ1v) is 24.9. The SMILES string of the molecule is C=CCOC12Oc3ccc(OCCSc4ccccc4)cc3C3C(CCCCO)C(CCCCO)C=C(C(=NOCc4ccccc4)CC1N(Cc1ccc4c(c1)OCO4)C(=O)OCCCl)C32. The number of hydrogen-bond donors (Lipinski definition) is 2. The highest BCUT2D eigenvalue weighted by Gasteiger charge is 2.65. The minimum Gasteiger partial charge on any atom is -0.493 e. The molecule has 2 heterocycles. The van der Waals surface area contributed by atoms with E-state index in [4.69, 9.17) is 50.0 Å². The Balaban J connectivity index is 1.28. The van der Waals surface area contributed by atoms with Gasteiger partial charge in [0.25, 0.3) is 0 Å². The summed E-state index contributed by atoms with van der Waals surface area (Å²) < 4.78 is 38.4. The number of unbranched alkanes of at least 4 members (excludes halogenated alkanes) is 2. The number of amides is 1. The quantitative estimate of drug-likeness (QED) is 0.0228. The Morgan fingerprint density at radius 2 is 1.66 bits per heavy atom. The smallest absolute Gasteiger partial charge is 0.410 e. The van der Waals surface area contributed by atoms with Gasteiger partial charge in [-0.3, -0.25) is 4.90 Å². The van der Waals surface area contributed by atoms with Crippen molar-refractivity contribution >= 4 is 35.2 Å². The van der Waals surface area contributed by atoms with Gasteiger partial charge in [0.05, 0.1) is 30.7 Å². The lowest BCUT2D eigenvalue weighted by molar-refractivity contribution is -0.256. The molecule has 4 aliphatic rings. The van der Waals surface area contributed by atoms with Crippen LogP contribution in [0, 0.1) is 17.8 Å². The number of thioether (sulfide) groups is 1. The van der Waals surface area contributed by atoms with Gasteiger partial charge in [0.1, 0.15) is 30.8 Å². The molecule has 2 aliphatic heterocycles. The van der Waals surface area contributed by atoms with Crippen molar-refractivity contribution in [1.29, 1.82) is 0 Å². The molecule has 4 aromatic rings. The van der Waals surface area contributed by atoms with Crippen LogP contribution >= 0.6 is 23.4 Å². The number of aliphatic hydroxyl groups is 2. The number of aliphatic hydroxyl groups excluding tert-OH is 2. The lowest BCUT2D eigenvalue weighted by atomic mass is 9.55. The number of carbonyl (C=O) groups excluding carboxylic acids is 1. The Kier molecular flexibility index (Phi) is 17.1. The first-order valence-electron chi connectivity index (χ1n) is 23.4. The van der Waals surface area contributed by atoms with Crippen LogP contribution in [-0.2, 0) is 27.5 Å². The second kappa shape index (κ2) is 23.7. The Labute approximate surface area is 402 Å². The van der Waals surface area contributed by atoms with E-state index in [9.17, 15) is 15.0 Å². The Morgan fingerprint density at radius 1 is 0.896 bits per heavy atom. The number of rotatable bonds is 24. The Hall–Kier alpha value is -5.18. The van der Waals surface area contributed by atoms with E-state index in [1.807, 2.05) is 78.9 Å². The molecule has 356 valence electrons. The van der Waals surface area contributed by atoms with E-state index >= 15 is 0 Å². The predicted molar refractivity (Wildman–Crippen MR) is 259 cm³/mol. The number of allylic oxidation sites excluding steroid dienone is 1. The third kappa shape index (κ3) is 11.4. The first-order chi connectivity index (χ1) is 33.0. The van der Waals surface area contributed by atoms with Crippen molar-refractivity contribution < 1.29 is 48.3 Å². The van der Waals surface area contributed by atoms with Gasteiger partial charge in [-0.05, 0) is 96.7 Å². The monoisotopic (exact) mass is 952 g/mol. The highest BCUT2D eigenvalue weighted by Crippen LogP contribution is 2.62. The van der Waals surface area contributed by atoms with Gasteiger partial charge in [0.15, 0.2) is 11.5 Å². The van der Waals surface area contributed by atoms with Gasteiger partial charge in [0.2, 0.25) is 12.6 Å². The second-order valence-corrected chi connectivity index (χ2v) is 18.7. The van der Waals surface area contributed by atoms with Crippen LogP contribution in [0.4, 0.5) is 4.79 Å². The average Bonchev–Trinajstić information content (AvgIpc) is 3.83. The molecule has 0 aromatic heterocycles. The molecule has 6 unspecified atom stereocenters. The Bertz CT molecular complexity index is 2320. The highest BCUT2D eigenvalue weighted by molar-refractivity contribution is 7.99. The maximum Gasteiger partial charge on any atom is 0.410 e. The summed E-state index contributed by atoms with van der Waals surface area (Å²) in [6.07, 6.45) is 8.18. The van der Waals surface area contributed by atoms with Crippen LogP contribution in [0.1, 0.15) is 67.6 Å². The van der Waals surface area contributed by atoms with Crippen molar-refractivity contribution in [2.24, 2.45) is 22.9 Å². The largest absolute Gasteiger partial charge is 0.493 e. The van der Waals surface area contributed by atoms with Crippen LogP contribution in [0.15, 0.2) is 131 Å². The maximum atomic E-state index is 14.7. The molecule has 0 bridgehead atoms. The molecule has 0 radical (unpaired) electrons. The van der Waals surface area contributed by atoms with Crippen molar-refractivity contribution in [3.8, 4) is 23.0 Å². The Morgan fingerprint density at radius 3 is 2.43 bits per heavy atom. The maximum absolute atomic E-state index is 14.7. The van der Waals surface area contributed by atoms with E-state index in [0.29, 0.717) is 42.4 Å². The molecule has 1 amide bonds. The topological polar surface area (TPSA) is 138 Å². The van der Waals surface area contributed by atoms with Crippen molar-refractivity contribution in [3.05, 3.63) is 138 Å². The summed E-state index contributed by atoms with van der Waals surface area (Å²) in [6.45, 7) is 5.29. The van der Waals surface area contributed by atoms with Gasteiger partial charge in [-0.2, -0.15) is 0 Å². The van der Waals surface area contributed by atoms with Crippen LogP contribution in [0.3, 0.4) is 0 Å². The van der Waals surface area contributed by atoms with Crippen LogP contribution in [0.2, 0.25) is 0 Å². The van der Waals surface area contributed by atoms with Gasteiger partial charge in [-0.1, -0.05) is 84.7 Å². The summed E-state index contributed by atoms with van der Waals surface area (Å²) >= 11 is 7.90. The third-order valence-electron chi connectivity index (χ3n) is 13.0. The zero-order valence-electron chi connectivity index (χ0n) is 37.8. The summed E-state index contributed by atoms with van der Waals surface area (Å²) in [7, 11) is 0. The standard InChI is InChI=1S/C53H61ClN2O10S/c1-2-26-64-53-49(56(52(59)61-27-23-54)34-38-19-21-47-48(30-38)63-36-62-47)33-45(55-65-35-37-13-5-3-6-14-37)43-31-39(15-9-11-24-57)42(18-10-12-25-58)50(51(43)53)44-32-40(20-22-46(44)66-53)60-28-29-67-41-16-7-4-8-17-41/h2-8,13-14,16-17,19-22,30-32,39,42,49-51,57-58H,1,9-12,15,18,23-29,33-36H2. The molecule has 8 rings (SSSR count). The summed E-state index contributed by atoms with van der Waals surface area (Å²) in [5.74, 6) is 1.27. The number of carbonyl (C=O) groups is 1. The second-order valence-electron chi connectivity index (χ2n) is 17.2. The van der Waals surface area contributed by atoms with Crippen LogP contribution in [0.5, 0.6) is 23.0 Å². The average molecular weight is 954 g/mol. The molecule has 6 atom stereocenters. The molecule has 0 spiro atoms. The van der Waals surface area contributed by atoms with Crippen LogP contribution < -0.4 is 18.9 Å². The number of oxime groups is 1. The number of hydrogen-bond acceptors (Lipinski definition) is 12. The van der Waals surface area contributed by atoms with E-state index in [2.05, 4.69) is 30.9 Å². The number of nitrogens with zero attached hydrogens (tertiary/aromatic N) is 2. The highest BCUT2D eigenvalue weighted by atomic mass is 35.5. The fourth-order valence-corrected chi connectivity index (χ4v) is 10.9. The number of halogens is 1. The lowest BCUT2D eigenvalue weighted by Crippen LogP contribution is -2.70. The van der Waals surface area contributed by atoms with E-state index in [1.165, 1.54) is 4.90 Å². The van der Waals surface area contributed by atoms with Crippen LogP contribution in [-0.4, -0.2) is 90.2 Å². The first kappa shape index (κ1) is 48.3. The van der Waals surface area contributed by atoms with Gasteiger partial charge in [0, 0.05) is 48.3 Å². The number of alkyl halides is 1. The molecule has 1 saturated carbocycles. The van der Waals surface area contributed by atoms with Gasteiger partial charge < -0.3 is 43.5 Å². The fraction of sp³-hybridized carbons (Fsp3) is 0.434. The molecular weight excluding hydrogens is 892 g/mol. The lowest BCUT2D eigenvalue weighted by Gasteiger charge is -2.59. The van der Waals surface area contributed by atoms with Crippen molar-refractivity contribution in [1.82, 2.24) is 4.90 Å². The molecule has 67 heavy (non-hydrogen) atoms. The van der Waals surface area contributed by atoms with E-state index in [1.54, 1.807) is 22.7 Å². The van der Waals surface area contributed by atoms with E-state index in [0.717, 1.165) is 59.4 Å². The van der Waals surface area contributed by atoms with Gasteiger partial charge >= 0.3 is 6.09 Å². The number of ether oxygens (including phenoxy) is 6. The third-order valence-corrected chi connectivity index (χ3v) is 14.1. The zero-order chi connectivity index (χ0) is 46.4. The van der Waals surface area contributed by atoms with E-state index in [-0.39, 0.29) is 76.4 Å². The summed E-state index contributed by atoms with van der Waals surface area (Å²) in [5.41, 5.74) is 4.32. The van der Waals surface area contributed by atoms with Gasteiger partial charge in [-0.25, -0.2) is 4.79 Å². The molecule has 12 nitrogen and oxygen atoms in total.